The lowest BCUT2D eigenvalue weighted by atomic mass is 10.2. The van der Waals surface area contributed by atoms with Crippen molar-refractivity contribution in [2.45, 2.75) is 38.7 Å². The second-order valence-corrected chi connectivity index (χ2v) is 9.08. The summed E-state index contributed by atoms with van der Waals surface area (Å²) in [4.78, 5) is 0. The fraction of sp³-hybridized carbons (Fsp3) is 0.500. The van der Waals surface area contributed by atoms with Gasteiger partial charge in [-0.1, -0.05) is 18.2 Å². The van der Waals surface area contributed by atoms with Crippen LogP contribution in [0, 0.1) is 0 Å². The number of aliphatic hydroxyl groups excluding tert-OH is 1. The largest absolute Gasteiger partial charge is 0.374 e. The van der Waals surface area contributed by atoms with E-state index < -0.39 is 13.0 Å². The molecule has 80 valence electrons. The lowest BCUT2D eigenvalue weighted by Gasteiger charge is -2.38. The van der Waals surface area contributed by atoms with Crippen LogP contribution in [0.3, 0.4) is 0 Å². The van der Waals surface area contributed by atoms with Crippen molar-refractivity contribution in [2.75, 3.05) is 0 Å². The predicted molar refractivity (Wildman–Crippen MR) is 70.2 cm³/mol. The van der Waals surface area contributed by atoms with Crippen LogP contribution in [0.2, 0.25) is 0 Å². The van der Waals surface area contributed by atoms with Crippen LogP contribution in [-0.2, 0) is 0 Å². The highest BCUT2D eigenvalue weighted by molar-refractivity contribution is 8.04. The molecule has 1 nitrogen and oxygen atoms in total. The second kappa shape index (κ2) is 4.27. The zero-order chi connectivity index (χ0) is 11.7. The van der Waals surface area contributed by atoms with Gasteiger partial charge in [0.05, 0.1) is 10.5 Å². The molecule has 0 bridgehead atoms. The number of aliphatic hydroxyl groups is 1. The standard InChI is InChI=1S/C12H19BOP/c1-10(14)15(13,12(2,3)4)11-8-6-5-7-9-11/h5-10,14H,1-4H3/q+1. The summed E-state index contributed by atoms with van der Waals surface area (Å²) in [5.41, 5.74) is 0. The first-order valence-electron chi connectivity index (χ1n) is 5.21. The molecule has 2 radical (unpaired) electrons. The number of rotatable bonds is 2. The van der Waals surface area contributed by atoms with Gasteiger partial charge in [0.25, 0.3) is 0 Å². The lowest BCUT2D eigenvalue weighted by molar-refractivity contribution is 0.274. The number of hydrogen-bond donors (Lipinski definition) is 1. The molecule has 0 saturated heterocycles. The van der Waals surface area contributed by atoms with Crippen molar-refractivity contribution in [1.82, 2.24) is 0 Å². The molecule has 0 amide bonds. The quantitative estimate of drug-likeness (QED) is 0.601. The van der Waals surface area contributed by atoms with Crippen LogP contribution in [0.4, 0.5) is 0 Å². The fourth-order valence-electron chi connectivity index (χ4n) is 1.84. The van der Waals surface area contributed by atoms with Gasteiger partial charge in [0.1, 0.15) is 0 Å². The monoisotopic (exact) mass is 221 g/mol. The molecule has 0 aliphatic heterocycles. The third-order valence-corrected chi connectivity index (χ3v) is 7.43. The fourth-order valence-corrected chi connectivity index (χ4v) is 4.83. The highest BCUT2D eigenvalue weighted by Gasteiger charge is 2.50. The van der Waals surface area contributed by atoms with E-state index in [1.165, 1.54) is 0 Å². The smallest absolute Gasteiger partial charge is 0.361 e. The summed E-state index contributed by atoms with van der Waals surface area (Å²) in [6.07, 6.45) is 0. The zero-order valence-electron chi connectivity index (χ0n) is 9.94. The Morgan fingerprint density at radius 1 is 1.20 bits per heavy atom. The Morgan fingerprint density at radius 2 is 1.67 bits per heavy atom. The molecule has 2 unspecified atom stereocenters. The Hall–Kier alpha value is -0.325. The molecule has 0 aliphatic rings. The van der Waals surface area contributed by atoms with E-state index in [9.17, 15) is 5.11 Å². The van der Waals surface area contributed by atoms with Gasteiger partial charge in [-0.3, -0.25) is 0 Å². The summed E-state index contributed by atoms with van der Waals surface area (Å²) in [6.45, 7) is 8.09. The van der Waals surface area contributed by atoms with E-state index in [1.807, 2.05) is 30.3 Å². The van der Waals surface area contributed by atoms with Crippen molar-refractivity contribution < 1.29 is 5.11 Å². The van der Waals surface area contributed by atoms with Gasteiger partial charge in [0, 0.05) is 7.14 Å². The minimum Gasteiger partial charge on any atom is -0.361 e. The van der Waals surface area contributed by atoms with E-state index in [0.717, 1.165) is 5.30 Å². The Morgan fingerprint density at radius 3 is 2.00 bits per heavy atom. The molecule has 0 heterocycles. The molecule has 15 heavy (non-hydrogen) atoms. The zero-order valence-corrected chi connectivity index (χ0v) is 10.8. The highest BCUT2D eigenvalue weighted by atomic mass is 31.2. The number of benzene rings is 1. The molecule has 0 aliphatic carbocycles. The van der Waals surface area contributed by atoms with Gasteiger partial charge in [0.2, 0.25) is 0 Å². The molecule has 2 atom stereocenters. The van der Waals surface area contributed by atoms with Gasteiger partial charge < -0.3 is 5.11 Å². The summed E-state index contributed by atoms with van der Waals surface area (Å²) in [6, 6.07) is 9.96. The van der Waals surface area contributed by atoms with Crippen LogP contribution in [0.15, 0.2) is 30.3 Å². The van der Waals surface area contributed by atoms with Crippen LogP contribution >= 0.6 is 7.14 Å². The van der Waals surface area contributed by atoms with Crippen LogP contribution in [0.1, 0.15) is 27.7 Å². The molecule has 1 aromatic carbocycles. The minimum absolute atomic E-state index is 0.0808. The van der Waals surface area contributed by atoms with E-state index in [-0.39, 0.29) is 5.16 Å². The maximum Gasteiger partial charge on any atom is 0.374 e. The Labute approximate surface area is 94.6 Å². The van der Waals surface area contributed by atoms with Gasteiger partial charge in [0.15, 0.2) is 5.85 Å². The van der Waals surface area contributed by atoms with Crippen molar-refractivity contribution in [2.24, 2.45) is 0 Å². The van der Waals surface area contributed by atoms with E-state index >= 15 is 0 Å². The van der Waals surface area contributed by atoms with Gasteiger partial charge >= 0.3 is 7.57 Å². The van der Waals surface area contributed by atoms with E-state index in [0.29, 0.717) is 0 Å². The van der Waals surface area contributed by atoms with Crippen LogP contribution in [0.25, 0.3) is 0 Å². The predicted octanol–water partition coefficient (Wildman–Crippen LogP) is 2.55. The van der Waals surface area contributed by atoms with E-state index in [4.69, 9.17) is 7.57 Å². The molecule has 0 spiro atoms. The van der Waals surface area contributed by atoms with Gasteiger partial charge in [-0.25, -0.2) is 0 Å². The average Bonchev–Trinajstić information content (AvgIpc) is 2.16. The lowest BCUT2D eigenvalue weighted by Crippen LogP contribution is -2.35. The van der Waals surface area contributed by atoms with Gasteiger partial charge in [-0.2, -0.15) is 0 Å². The van der Waals surface area contributed by atoms with E-state index in [2.05, 4.69) is 20.8 Å². The van der Waals surface area contributed by atoms with Crippen LogP contribution in [0.5, 0.6) is 0 Å². The summed E-state index contributed by atoms with van der Waals surface area (Å²) in [5.74, 6) is -0.472. The third kappa shape index (κ3) is 2.27. The summed E-state index contributed by atoms with van der Waals surface area (Å²) in [7, 11) is 4.48. The first-order chi connectivity index (χ1) is 6.80. The second-order valence-electron chi connectivity index (χ2n) is 4.92. The highest BCUT2D eigenvalue weighted by Crippen LogP contribution is 2.66. The summed E-state index contributed by atoms with van der Waals surface area (Å²) in [5, 5.41) is 11.0. The molecule has 0 aromatic heterocycles. The van der Waals surface area contributed by atoms with Crippen molar-refractivity contribution in [3.63, 3.8) is 0 Å². The molecular formula is C12H19BOP+. The van der Waals surface area contributed by atoms with Crippen LogP contribution in [-0.4, -0.2) is 23.7 Å². The van der Waals surface area contributed by atoms with Crippen LogP contribution < -0.4 is 5.30 Å². The molecule has 3 heteroatoms. The molecule has 1 rings (SSSR count). The Kier molecular flexibility index (Phi) is 3.63. The Bertz CT molecular complexity index is 318. The first-order valence-corrected chi connectivity index (χ1v) is 7.14. The normalized spacial score (nSPS) is 18.2. The molecule has 0 saturated carbocycles. The summed E-state index contributed by atoms with van der Waals surface area (Å²) >= 11 is 0. The summed E-state index contributed by atoms with van der Waals surface area (Å²) < 4.78 is 0. The van der Waals surface area contributed by atoms with E-state index in [1.54, 1.807) is 6.92 Å². The SMILES string of the molecule is [B][P+](c1ccccc1)(C(C)O)C(C)(C)C. The minimum atomic E-state index is -2.02. The average molecular weight is 221 g/mol. The van der Waals surface area contributed by atoms with Crippen molar-refractivity contribution in [1.29, 1.82) is 0 Å². The molecule has 1 aromatic rings. The number of hydrogen-bond acceptors (Lipinski definition) is 1. The van der Waals surface area contributed by atoms with Gasteiger partial charge in [-0.05, 0) is 39.8 Å². The van der Waals surface area contributed by atoms with Crippen molar-refractivity contribution in [3.8, 4) is 0 Å². The Balaban J connectivity index is 3.26. The first kappa shape index (κ1) is 12.7. The topological polar surface area (TPSA) is 20.2 Å². The molecule has 0 fully saturated rings. The van der Waals surface area contributed by atoms with Gasteiger partial charge in [-0.15, -0.1) is 0 Å². The molecular weight excluding hydrogens is 202 g/mol. The van der Waals surface area contributed by atoms with Crippen molar-refractivity contribution in [3.05, 3.63) is 30.3 Å². The third-order valence-electron chi connectivity index (χ3n) is 2.88. The molecule has 1 N–H and O–H groups in total. The maximum absolute atomic E-state index is 9.98. The van der Waals surface area contributed by atoms with Crippen molar-refractivity contribution >= 4 is 20.0 Å². The maximum atomic E-state index is 9.98.